The molecule has 2 aromatic rings. The number of halogens is 2. The fraction of sp³-hybridized carbons (Fsp3) is 0.316. The van der Waals surface area contributed by atoms with Crippen LogP contribution in [0.3, 0.4) is 0 Å². The number of rotatable bonds is 3. The number of likely N-dealkylation sites (tertiary alicyclic amines) is 1. The van der Waals surface area contributed by atoms with Gasteiger partial charge in [-0.3, -0.25) is 4.79 Å². The van der Waals surface area contributed by atoms with Gasteiger partial charge in [0.05, 0.1) is 5.02 Å². The van der Waals surface area contributed by atoms with Gasteiger partial charge in [0.1, 0.15) is 5.82 Å². The van der Waals surface area contributed by atoms with Gasteiger partial charge in [0.25, 0.3) is 5.91 Å². The monoisotopic (exact) mass is 361 g/mol. The molecule has 0 aliphatic carbocycles. The first-order chi connectivity index (χ1) is 12.1. The quantitative estimate of drug-likeness (QED) is 0.827. The Bertz CT molecular complexity index is 826. The highest BCUT2D eigenvalue weighted by atomic mass is 35.5. The maximum Gasteiger partial charge on any atom is 0.254 e. The van der Waals surface area contributed by atoms with Crippen LogP contribution in [0.15, 0.2) is 36.4 Å². The number of benzene rings is 2. The van der Waals surface area contributed by atoms with Gasteiger partial charge in [0.15, 0.2) is 11.5 Å². The average Bonchev–Trinajstić information content (AvgIpc) is 3.23. The molecule has 2 aliphatic rings. The molecule has 0 N–H and O–H groups in total. The molecule has 0 unspecified atom stereocenters. The molecule has 1 amide bonds. The summed E-state index contributed by atoms with van der Waals surface area (Å²) in [6, 6.07) is 9.89. The van der Waals surface area contributed by atoms with Gasteiger partial charge in [-0.25, -0.2) is 4.39 Å². The maximum absolute atomic E-state index is 13.4. The van der Waals surface area contributed by atoms with Crippen LogP contribution in [-0.2, 0) is 6.42 Å². The second-order valence-electron chi connectivity index (χ2n) is 6.32. The average molecular weight is 362 g/mol. The summed E-state index contributed by atoms with van der Waals surface area (Å²) in [7, 11) is 0. The van der Waals surface area contributed by atoms with E-state index in [9.17, 15) is 9.18 Å². The Balaban J connectivity index is 1.56. The van der Waals surface area contributed by atoms with Gasteiger partial charge in [0.2, 0.25) is 6.79 Å². The molecule has 2 heterocycles. The molecule has 6 heteroatoms. The van der Waals surface area contributed by atoms with Gasteiger partial charge >= 0.3 is 0 Å². The number of hydrogen-bond acceptors (Lipinski definition) is 3. The van der Waals surface area contributed by atoms with Crippen molar-refractivity contribution in [3.8, 4) is 11.5 Å². The minimum atomic E-state index is -0.254. The molecule has 0 aromatic heterocycles. The lowest BCUT2D eigenvalue weighted by molar-refractivity contribution is 0.0736. The highest BCUT2D eigenvalue weighted by molar-refractivity contribution is 6.32. The molecule has 1 fully saturated rings. The number of nitrogens with zero attached hydrogens (tertiary/aromatic N) is 1. The molecule has 1 saturated heterocycles. The molecule has 25 heavy (non-hydrogen) atoms. The smallest absolute Gasteiger partial charge is 0.254 e. The van der Waals surface area contributed by atoms with Crippen LogP contribution in [0.4, 0.5) is 4.39 Å². The lowest BCUT2D eigenvalue weighted by Gasteiger charge is -2.25. The topological polar surface area (TPSA) is 38.8 Å². The fourth-order valence-corrected chi connectivity index (χ4v) is 3.77. The third kappa shape index (κ3) is 3.16. The first-order valence-corrected chi connectivity index (χ1v) is 8.64. The Labute approximate surface area is 150 Å². The Morgan fingerprint density at radius 3 is 3.00 bits per heavy atom. The lowest BCUT2D eigenvalue weighted by Crippen LogP contribution is -2.36. The summed E-state index contributed by atoms with van der Waals surface area (Å²) in [5.41, 5.74) is 1.38. The summed E-state index contributed by atoms with van der Waals surface area (Å²) >= 11 is 6.19. The van der Waals surface area contributed by atoms with E-state index in [-0.39, 0.29) is 24.6 Å². The van der Waals surface area contributed by atoms with E-state index in [2.05, 4.69) is 0 Å². The number of amides is 1. The third-order valence-corrected chi connectivity index (χ3v) is 4.95. The Kier molecular flexibility index (Phi) is 4.25. The standard InChI is InChI=1S/C19H17ClFNO3/c20-16-9-13(10-17-18(16)25-11-24-17)19(23)22-6-2-5-15(22)8-12-3-1-4-14(21)7-12/h1,3-4,7,9-10,15H,2,5-6,8,11H2/t15-/m1/s1. The van der Waals surface area contributed by atoms with Crippen molar-refractivity contribution in [1.82, 2.24) is 4.90 Å². The number of hydrogen-bond donors (Lipinski definition) is 0. The zero-order valence-corrected chi connectivity index (χ0v) is 14.3. The highest BCUT2D eigenvalue weighted by Gasteiger charge is 2.31. The van der Waals surface area contributed by atoms with E-state index in [1.165, 1.54) is 12.1 Å². The van der Waals surface area contributed by atoms with Crippen molar-refractivity contribution in [2.75, 3.05) is 13.3 Å². The molecule has 2 aliphatic heterocycles. The van der Waals surface area contributed by atoms with E-state index >= 15 is 0 Å². The van der Waals surface area contributed by atoms with Crippen LogP contribution in [0.1, 0.15) is 28.8 Å². The third-order valence-electron chi connectivity index (χ3n) is 4.67. The number of carbonyl (C=O) groups is 1. The molecule has 0 bridgehead atoms. The van der Waals surface area contributed by atoms with E-state index in [1.807, 2.05) is 11.0 Å². The lowest BCUT2D eigenvalue weighted by atomic mass is 10.0. The van der Waals surface area contributed by atoms with Gasteiger partial charge in [-0.15, -0.1) is 0 Å². The van der Waals surface area contributed by atoms with Crippen LogP contribution >= 0.6 is 11.6 Å². The van der Waals surface area contributed by atoms with Crippen molar-refractivity contribution in [2.24, 2.45) is 0 Å². The SMILES string of the molecule is O=C(c1cc(Cl)c2c(c1)OCO2)N1CCC[C@@H]1Cc1cccc(F)c1. The Hall–Kier alpha value is -2.27. The fourth-order valence-electron chi connectivity index (χ4n) is 3.51. The summed E-state index contributed by atoms with van der Waals surface area (Å²) in [6.45, 7) is 0.795. The molecule has 0 radical (unpaired) electrons. The van der Waals surface area contributed by atoms with Crippen molar-refractivity contribution < 1.29 is 18.7 Å². The molecule has 1 atom stereocenters. The van der Waals surface area contributed by atoms with Gasteiger partial charge in [-0.2, -0.15) is 0 Å². The van der Waals surface area contributed by atoms with Gasteiger partial charge in [0, 0.05) is 18.2 Å². The molecule has 0 spiro atoms. The highest BCUT2D eigenvalue weighted by Crippen LogP contribution is 2.40. The van der Waals surface area contributed by atoms with Crippen LogP contribution in [0, 0.1) is 5.82 Å². The summed E-state index contributed by atoms with van der Waals surface area (Å²) in [6.07, 6.45) is 2.48. The summed E-state index contributed by atoms with van der Waals surface area (Å²) in [5, 5.41) is 0.374. The van der Waals surface area contributed by atoms with E-state index in [4.69, 9.17) is 21.1 Å². The van der Waals surface area contributed by atoms with Crippen molar-refractivity contribution in [1.29, 1.82) is 0 Å². The molecule has 4 nitrogen and oxygen atoms in total. The van der Waals surface area contributed by atoms with Crippen LogP contribution in [0.25, 0.3) is 0 Å². The minimum Gasteiger partial charge on any atom is -0.454 e. The largest absolute Gasteiger partial charge is 0.454 e. The van der Waals surface area contributed by atoms with Crippen molar-refractivity contribution in [3.63, 3.8) is 0 Å². The second-order valence-corrected chi connectivity index (χ2v) is 6.73. The molecule has 2 aromatic carbocycles. The zero-order chi connectivity index (χ0) is 17.4. The van der Waals surface area contributed by atoms with Crippen LogP contribution in [0.2, 0.25) is 5.02 Å². The minimum absolute atomic E-state index is 0.0542. The second kappa shape index (κ2) is 6.56. The van der Waals surface area contributed by atoms with Crippen molar-refractivity contribution in [3.05, 3.63) is 58.4 Å². The zero-order valence-electron chi connectivity index (χ0n) is 13.5. The summed E-state index contributed by atoms with van der Waals surface area (Å²) in [4.78, 5) is 14.8. The molecular weight excluding hydrogens is 345 g/mol. The van der Waals surface area contributed by atoms with Gasteiger partial charge < -0.3 is 14.4 Å². The van der Waals surface area contributed by atoms with Crippen molar-refractivity contribution in [2.45, 2.75) is 25.3 Å². The predicted molar refractivity (Wildman–Crippen MR) is 91.7 cm³/mol. The number of ether oxygens (including phenoxy) is 2. The molecule has 130 valence electrons. The molecular formula is C19H17ClFNO3. The summed E-state index contributed by atoms with van der Waals surface area (Å²) in [5.74, 6) is 0.641. The van der Waals surface area contributed by atoms with Crippen LogP contribution in [-0.4, -0.2) is 30.2 Å². The van der Waals surface area contributed by atoms with E-state index < -0.39 is 0 Å². The van der Waals surface area contributed by atoms with Gasteiger partial charge in [-0.05, 0) is 49.1 Å². The predicted octanol–water partition coefficient (Wildman–Crippen LogP) is 4.06. The maximum atomic E-state index is 13.4. The number of fused-ring (bicyclic) bond motifs is 1. The van der Waals surface area contributed by atoms with Crippen LogP contribution in [0.5, 0.6) is 11.5 Å². The van der Waals surface area contributed by atoms with E-state index in [1.54, 1.807) is 18.2 Å². The van der Waals surface area contributed by atoms with E-state index in [0.29, 0.717) is 35.1 Å². The van der Waals surface area contributed by atoms with E-state index in [0.717, 1.165) is 18.4 Å². The molecule has 0 saturated carbocycles. The first kappa shape index (κ1) is 16.2. The van der Waals surface area contributed by atoms with Crippen LogP contribution < -0.4 is 9.47 Å². The normalized spacial score (nSPS) is 18.6. The van der Waals surface area contributed by atoms with Crippen molar-refractivity contribution >= 4 is 17.5 Å². The Morgan fingerprint density at radius 2 is 2.16 bits per heavy atom. The van der Waals surface area contributed by atoms with Gasteiger partial charge in [-0.1, -0.05) is 23.7 Å². The Morgan fingerprint density at radius 1 is 1.28 bits per heavy atom. The molecule has 4 rings (SSSR count). The number of carbonyl (C=O) groups excluding carboxylic acids is 1. The summed E-state index contributed by atoms with van der Waals surface area (Å²) < 4.78 is 24.0. The first-order valence-electron chi connectivity index (χ1n) is 8.26.